The van der Waals surface area contributed by atoms with E-state index in [2.05, 4.69) is 9.68 Å². The Morgan fingerprint density at radius 1 is 1.82 bits per heavy atom. The van der Waals surface area contributed by atoms with Crippen molar-refractivity contribution in [3.05, 3.63) is 17.5 Å². The summed E-state index contributed by atoms with van der Waals surface area (Å²) in [6, 6.07) is 0. The molecule has 0 spiro atoms. The number of carboxylic acids is 1. The van der Waals surface area contributed by atoms with Crippen LogP contribution in [0, 0.1) is 6.92 Å². The number of aryl methyl sites for hydroxylation is 1. The first-order valence-electron chi connectivity index (χ1n) is 2.94. The van der Waals surface area contributed by atoms with E-state index in [0.717, 1.165) is 6.26 Å². The highest BCUT2D eigenvalue weighted by Crippen LogP contribution is 2.15. The number of nitrogens with zero attached hydrogens (tertiary/aromatic N) is 1. The molecule has 11 heavy (non-hydrogen) atoms. The zero-order chi connectivity index (χ0) is 8.43. The average Bonchev–Trinajstić information content (AvgIpc) is 2.33. The molecule has 1 aromatic heterocycles. The van der Waals surface area contributed by atoms with Gasteiger partial charge in [0.25, 0.3) is 0 Å². The van der Waals surface area contributed by atoms with Crippen molar-refractivity contribution in [1.82, 2.24) is 5.16 Å². The van der Waals surface area contributed by atoms with E-state index in [1.807, 2.05) is 0 Å². The molecule has 1 unspecified atom stereocenters. The Labute approximate surface area is 62.2 Å². The van der Waals surface area contributed by atoms with Crippen LogP contribution in [0.3, 0.4) is 0 Å². The van der Waals surface area contributed by atoms with Gasteiger partial charge in [0.2, 0.25) is 0 Å². The highest BCUT2D eigenvalue weighted by Gasteiger charge is 2.20. The zero-order valence-electron chi connectivity index (χ0n) is 5.81. The van der Waals surface area contributed by atoms with Crippen LogP contribution in [0.15, 0.2) is 10.8 Å². The monoisotopic (exact) mass is 157 g/mol. The molecule has 0 saturated carbocycles. The molecule has 5 heteroatoms. The second-order valence-corrected chi connectivity index (χ2v) is 2.10. The van der Waals surface area contributed by atoms with Gasteiger partial charge in [-0.2, -0.15) is 0 Å². The van der Waals surface area contributed by atoms with Crippen molar-refractivity contribution in [1.29, 1.82) is 0 Å². The van der Waals surface area contributed by atoms with Crippen molar-refractivity contribution >= 4 is 5.97 Å². The molecule has 1 aromatic rings. The van der Waals surface area contributed by atoms with Gasteiger partial charge in [-0.05, 0) is 6.92 Å². The first-order valence-corrected chi connectivity index (χ1v) is 2.94. The number of aliphatic hydroxyl groups is 1. The highest BCUT2D eigenvalue weighted by molar-refractivity contribution is 5.74. The molecule has 0 aliphatic rings. The van der Waals surface area contributed by atoms with Gasteiger partial charge in [-0.25, -0.2) is 4.79 Å². The van der Waals surface area contributed by atoms with Gasteiger partial charge < -0.3 is 14.7 Å². The average molecular weight is 157 g/mol. The van der Waals surface area contributed by atoms with Crippen molar-refractivity contribution in [2.45, 2.75) is 13.0 Å². The fraction of sp³-hybridized carbons (Fsp3) is 0.333. The standard InChI is InChI=1S/C6H7NO4/c1-3-4(2-11-7-3)5(8)6(9)10/h2,5,8H,1H3,(H,9,10). The summed E-state index contributed by atoms with van der Waals surface area (Å²) in [5.74, 6) is -1.31. The van der Waals surface area contributed by atoms with Crippen molar-refractivity contribution in [3.63, 3.8) is 0 Å². The van der Waals surface area contributed by atoms with Crippen LogP contribution in [-0.4, -0.2) is 21.3 Å². The van der Waals surface area contributed by atoms with E-state index >= 15 is 0 Å². The SMILES string of the molecule is Cc1nocc1C(O)C(=O)O. The van der Waals surface area contributed by atoms with Gasteiger partial charge in [-0.1, -0.05) is 5.16 Å². The highest BCUT2D eigenvalue weighted by atomic mass is 16.5. The normalized spacial score (nSPS) is 12.9. The van der Waals surface area contributed by atoms with E-state index in [9.17, 15) is 4.79 Å². The van der Waals surface area contributed by atoms with Crippen molar-refractivity contribution < 1.29 is 19.5 Å². The number of aliphatic carboxylic acids is 1. The van der Waals surface area contributed by atoms with Crippen LogP contribution in [0.1, 0.15) is 17.4 Å². The minimum atomic E-state index is -1.54. The zero-order valence-corrected chi connectivity index (χ0v) is 5.81. The number of rotatable bonds is 2. The van der Waals surface area contributed by atoms with Crippen LogP contribution in [0.25, 0.3) is 0 Å². The Hall–Kier alpha value is -1.36. The van der Waals surface area contributed by atoms with Crippen LogP contribution in [0.5, 0.6) is 0 Å². The van der Waals surface area contributed by atoms with Crippen molar-refractivity contribution in [2.75, 3.05) is 0 Å². The van der Waals surface area contributed by atoms with Gasteiger partial charge >= 0.3 is 5.97 Å². The molecule has 0 radical (unpaired) electrons. The molecule has 1 atom stereocenters. The summed E-state index contributed by atoms with van der Waals surface area (Å²) in [4.78, 5) is 10.2. The Morgan fingerprint density at radius 2 is 2.45 bits per heavy atom. The second kappa shape index (κ2) is 2.71. The predicted molar refractivity (Wildman–Crippen MR) is 33.8 cm³/mol. The number of aromatic nitrogens is 1. The summed E-state index contributed by atoms with van der Waals surface area (Å²) in [5.41, 5.74) is 0.581. The van der Waals surface area contributed by atoms with E-state index in [0.29, 0.717) is 5.69 Å². The Balaban J connectivity index is 2.92. The topological polar surface area (TPSA) is 83.6 Å². The molecule has 0 amide bonds. The van der Waals surface area contributed by atoms with E-state index in [4.69, 9.17) is 10.2 Å². The first kappa shape index (κ1) is 7.74. The molecular formula is C6H7NO4. The van der Waals surface area contributed by atoms with Gasteiger partial charge in [0.15, 0.2) is 6.10 Å². The fourth-order valence-electron chi connectivity index (χ4n) is 0.696. The number of hydrogen-bond acceptors (Lipinski definition) is 4. The van der Waals surface area contributed by atoms with Crippen molar-refractivity contribution in [3.8, 4) is 0 Å². The van der Waals surface area contributed by atoms with Gasteiger partial charge in [0.1, 0.15) is 6.26 Å². The molecule has 0 aliphatic carbocycles. The summed E-state index contributed by atoms with van der Waals surface area (Å²) in [6.07, 6.45) is -0.421. The van der Waals surface area contributed by atoms with Gasteiger partial charge in [0, 0.05) is 0 Å². The van der Waals surface area contributed by atoms with Gasteiger partial charge in [-0.3, -0.25) is 0 Å². The minimum Gasteiger partial charge on any atom is -0.479 e. The molecule has 0 fully saturated rings. The molecule has 60 valence electrons. The van der Waals surface area contributed by atoms with Gasteiger partial charge in [-0.15, -0.1) is 0 Å². The molecule has 2 N–H and O–H groups in total. The lowest BCUT2D eigenvalue weighted by atomic mass is 10.1. The third-order valence-electron chi connectivity index (χ3n) is 1.32. The molecule has 1 heterocycles. The van der Waals surface area contributed by atoms with Crippen LogP contribution in [0.4, 0.5) is 0 Å². The third-order valence-corrected chi connectivity index (χ3v) is 1.32. The van der Waals surface area contributed by atoms with E-state index < -0.39 is 12.1 Å². The largest absolute Gasteiger partial charge is 0.479 e. The molecule has 0 aromatic carbocycles. The molecule has 0 bridgehead atoms. The van der Waals surface area contributed by atoms with E-state index in [1.165, 1.54) is 0 Å². The number of hydrogen-bond donors (Lipinski definition) is 2. The second-order valence-electron chi connectivity index (χ2n) is 2.10. The third kappa shape index (κ3) is 1.38. The molecular weight excluding hydrogens is 150 g/mol. The maximum Gasteiger partial charge on any atom is 0.337 e. The fourth-order valence-corrected chi connectivity index (χ4v) is 0.696. The van der Waals surface area contributed by atoms with Crippen LogP contribution < -0.4 is 0 Å². The Kier molecular flexibility index (Phi) is 1.91. The summed E-state index contributed by atoms with van der Waals surface area (Å²) in [7, 11) is 0. The Bertz CT molecular complexity index is 267. The number of carbonyl (C=O) groups is 1. The minimum absolute atomic E-state index is 0.192. The summed E-state index contributed by atoms with van der Waals surface area (Å²) in [5, 5.41) is 20.7. The Morgan fingerprint density at radius 3 is 2.82 bits per heavy atom. The molecule has 0 saturated heterocycles. The van der Waals surface area contributed by atoms with Crippen LogP contribution in [-0.2, 0) is 4.79 Å². The first-order chi connectivity index (χ1) is 5.13. The summed E-state index contributed by atoms with van der Waals surface area (Å²) in [6.45, 7) is 1.56. The predicted octanol–water partition coefficient (Wildman–Crippen LogP) is 0.101. The maximum absolute atomic E-state index is 10.2. The van der Waals surface area contributed by atoms with Crippen molar-refractivity contribution in [2.24, 2.45) is 0 Å². The van der Waals surface area contributed by atoms with Crippen LogP contribution >= 0.6 is 0 Å². The van der Waals surface area contributed by atoms with Crippen LogP contribution in [0.2, 0.25) is 0 Å². The number of carboxylic acid groups (broad SMARTS) is 1. The lowest BCUT2D eigenvalue weighted by Gasteiger charge is -2.00. The molecule has 0 aliphatic heterocycles. The van der Waals surface area contributed by atoms with Gasteiger partial charge in [0.05, 0.1) is 11.3 Å². The van der Waals surface area contributed by atoms with E-state index in [-0.39, 0.29) is 5.56 Å². The molecule has 5 nitrogen and oxygen atoms in total. The quantitative estimate of drug-likeness (QED) is 0.636. The summed E-state index contributed by atoms with van der Waals surface area (Å²) < 4.78 is 4.44. The maximum atomic E-state index is 10.2. The van der Waals surface area contributed by atoms with E-state index in [1.54, 1.807) is 6.92 Å². The smallest absolute Gasteiger partial charge is 0.337 e. The molecule has 1 rings (SSSR count). The lowest BCUT2D eigenvalue weighted by molar-refractivity contribution is -0.147. The lowest BCUT2D eigenvalue weighted by Crippen LogP contribution is -2.10. The summed E-state index contributed by atoms with van der Waals surface area (Å²) >= 11 is 0. The number of aliphatic hydroxyl groups excluding tert-OH is 1.